The zero-order valence-corrected chi connectivity index (χ0v) is 24.5. The van der Waals surface area contributed by atoms with E-state index in [4.69, 9.17) is 14.6 Å². The fourth-order valence-corrected chi connectivity index (χ4v) is 5.38. The summed E-state index contributed by atoms with van der Waals surface area (Å²) >= 11 is 0. The quantitative estimate of drug-likeness (QED) is 0.175. The van der Waals surface area contributed by atoms with Crippen LogP contribution in [0.5, 0.6) is 17.2 Å². The van der Waals surface area contributed by atoms with Crippen LogP contribution in [0.25, 0.3) is 11.0 Å². The maximum Gasteiger partial charge on any atom is 0.416 e. The van der Waals surface area contributed by atoms with Gasteiger partial charge in [-0.2, -0.15) is 18.3 Å². The monoisotopic (exact) mass is 616 g/mol. The summed E-state index contributed by atoms with van der Waals surface area (Å²) in [5.41, 5.74) is 1.02. The average molecular weight is 617 g/mol. The number of halogens is 3. The Balaban J connectivity index is 1.25. The number of alkyl halides is 3. The molecule has 6 rings (SSSR count). The van der Waals surface area contributed by atoms with Gasteiger partial charge < -0.3 is 20.1 Å². The lowest BCUT2D eigenvalue weighted by Gasteiger charge is -2.22. The summed E-state index contributed by atoms with van der Waals surface area (Å²) in [6, 6.07) is 17.8. The summed E-state index contributed by atoms with van der Waals surface area (Å²) in [6.07, 6.45) is 3.79. The Kier molecular flexibility index (Phi) is 8.54. The van der Waals surface area contributed by atoms with Gasteiger partial charge >= 0.3 is 6.18 Å². The molecular weight excluding hydrogens is 585 g/mol. The average Bonchev–Trinajstić information content (AvgIpc) is 3.39. The van der Waals surface area contributed by atoms with Gasteiger partial charge in [0.05, 0.1) is 19.2 Å². The molecule has 0 saturated heterocycles. The zero-order chi connectivity index (χ0) is 31.4. The van der Waals surface area contributed by atoms with Gasteiger partial charge in [-0.25, -0.2) is 14.6 Å². The number of pyridine rings is 2. The molecule has 45 heavy (non-hydrogen) atoms. The van der Waals surface area contributed by atoms with E-state index in [-0.39, 0.29) is 11.4 Å². The molecular formula is C33H31F3N6O3. The van der Waals surface area contributed by atoms with Crippen LogP contribution in [0, 0.1) is 0 Å². The number of hydrogen-bond donors (Lipinski definition) is 2. The van der Waals surface area contributed by atoms with Gasteiger partial charge in [0.1, 0.15) is 28.5 Å². The molecule has 0 spiro atoms. The van der Waals surface area contributed by atoms with Crippen LogP contribution in [0.3, 0.4) is 0 Å². The van der Waals surface area contributed by atoms with E-state index in [9.17, 15) is 18.0 Å². The normalized spacial score (nSPS) is 13.9. The Morgan fingerprint density at radius 2 is 1.64 bits per heavy atom. The largest absolute Gasteiger partial charge is 0.497 e. The highest BCUT2D eigenvalue weighted by atomic mass is 19.4. The fourth-order valence-electron chi connectivity index (χ4n) is 5.38. The first-order valence-electron chi connectivity index (χ1n) is 14.6. The van der Waals surface area contributed by atoms with Crippen LogP contribution < -0.4 is 20.1 Å². The number of amides is 1. The number of nitrogens with one attached hydrogen (secondary N) is 2. The number of fused-ring (bicyclic) bond motifs is 1. The molecule has 3 aromatic heterocycles. The Labute approximate surface area is 257 Å². The van der Waals surface area contributed by atoms with Gasteiger partial charge in [-0.1, -0.05) is 31.4 Å². The molecule has 0 atom stereocenters. The molecule has 0 aliphatic heterocycles. The first-order valence-corrected chi connectivity index (χ1v) is 14.6. The summed E-state index contributed by atoms with van der Waals surface area (Å²) < 4.78 is 52.6. The summed E-state index contributed by atoms with van der Waals surface area (Å²) in [5.74, 6) is 1.68. The van der Waals surface area contributed by atoms with Crippen molar-refractivity contribution >= 4 is 28.6 Å². The predicted octanol–water partition coefficient (Wildman–Crippen LogP) is 7.69. The van der Waals surface area contributed by atoms with Gasteiger partial charge in [0.25, 0.3) is 5.91 Å². The second-order valence-electron chi connectivity index (χ2n) is 10.8. The molecule has 1 amide bonds. The van der Waals surface area contributed by atoms with E-state index >= 15 is 0 Å². The predicted molar refractivity (Wildman–Crippen MR) is 164 cm³/mol. The maximum atomic E-state index is 13.0. The molecule has 1 aliphatic rings. The van der Waals surface area contributed by atoms with Crippen molar-refractivity contribution in [2.45, 2.75) is 50.9 Å². The highest BCUT2D eigenvalue weighted by Gasteiger charge is 2.31. The highest BCUT2D eigenvalue weighted by molar-refractivity contribution is 6.03. The number of hydrogen-bond acceptors (Lipinski definition) is 7. The van der Waals surface area contributed by atoms with E-state index in [1.165, 1.54) is 18.6 Å². The number of rotatable bonds is 9. The number of nitrogens with zero attached hydrogens (tertiary/aromatic N) is 4. The summed E-state index contributed by atoms with van der Waals surface area (Å²) in [4.78, 5) is 21.2. The summed E-state index contributed by atoms with van der Waals surface area (Å²) in [5, 5.41) is 11.7. The van der Waals surface area contributed by atoms with Crippen molar-refractivity contribution in [3.05, 3.63) is 95.8 Å². The number of anilines is 2. The van der Waals surface area contributed by atoms with Crippen LogP contribution in [-0.2, 0) is 12.7 Å². The van der Waals surface area contributed by atoms with Gasteiger partial charge in [0.2, 0.25) is 0 Å². The number of benzene rings is 2. The molecule has 9 nitrogen and oxygen atoms in total. The molecule has 5 aromatic rings. The topological polar surface area (TPSA) is 103 Å². The van der Waals surface area contributed by atoms with Gasteiger partial charge in [0, 0.05) is 30.1 Å². The number of ether oxygens (including phenoxy) is 2. The van der Waals surface area contributed by atoms with Gasteiger partial charge in [-0.3, -0.25) is 4.79 Å². The Hall–Kier alpha value is -5.13. The lowest BCUT2D eigenvalue weighted by molar-refractivity contribution is -0.137. The van der Waals surface area contributed by atoms with Crippen molar-refractivity contribution in [2.24, 2.45) is 0 Å². The second kappa shape index (κ2) is 12.8. The molecule has 0 unspecified atom stereocenters. The molecule has 1 saturated carbocycles. The minimum absolute atomic E-state index is 0.195. The fraction of sp³-hybridized carbons (Fsp3) is 0.273. The standard InChI is InChI=1S/C33H31F3N6O3/c1-44-25-11-7-21(8-12-25)20-42-31-29(30(41-42)39-24-5-3-2-4-6-24)27(16-18-38-31)45-26-13-9-22(10-14-26)32(43)40-28-19-23(15-17-37-28)33(34,35)36/h7-19,24H,2-6,20H2,1H3,(H,39,41)(H,37,40,43). The lowest BCUT2D eigenvalue weighted by Crippen LogP contribution is -2.22. The third kappa shape index (κ3) is 7.00. The van der Waals surface area contributed by atoms with Crippen LogP contribution in [-0.4, -0.2) is 38.8 Å². The number of aromatic nitrogens is 4. The van der Waals surface area contributed by atoms with Crippen molar-refractivity contribution in [1.29, 1.82) is 0 Å². The van der Waals surface area contributed by atoms with Crippen LogP contribution in [0.15, 0.2) is 79.1 Å². The second-order valence-corrected chi connectivity index (χ2v) is 10.8. The molecule has 2 N–H and O–H groups in total. The minimum atomic E-state index is -4.54. The maximum absolute atomic E-state index is 13.0. The van der Waals surface area contributed by atoms with Crippen molar-refractivity contribution in [3.63, 3.8) is 0 Å². The SMILES string of the molecule is COc1ccc(Cn2nc(NC3CCCCC3)c3c(Oc4ccc(C(=O)Nc5cc(C(F)(F)F)ccn5)cc4)ccnc32)cc1. The third-order valence-corrected chi connectivity index (χ3v) is 7.71. The van der Waals surface area contributed by atoms with E-state index in [2.05, 4.69) is 20.6 Å². The van der Waals surface area contributed by atoms with Gasteiger partial charge in [-0.15, -0.1) is 0 Å². The first-order chi connectivity index (χ1) is 21.8. The van der Waals surface area contributed by atoms with E-state index in [0.717, 1.165) is 60.7 Å². The molecule has 2 aromatic carbocycles. The Morgan fingerprint density at radius 1 is 0.933 bits per heavy atom. The van der Waals surface area contributed by atoms with Crippen molar-refractivity contribution < 1.29 is 27.4 Å². The molecule has 1 fully saturated rings. The molecule has 0 radical (unpaired) electrons. The van der Waals surface area contributed by atoms with E-state index in [0.29, 0.717) is 35.6 Å². The van der Waals surface area contributed by atoms with Gasteiger partial charge in [0.15, 0.2) is 11.5 Å². The Morgan fingerprint density at radius 3 is 2.36 bits per heavy atom. The van der Waals surface area contributed by atoms with E-state index in [1.807, 2.05) is 28.9 Å². The van der Waals surface area contributed by atoms with Gasteiger partial charge in [-0.05, 0) is 66.9 Å². The molecule has 3 heterocycles. The first kappa shape index (κ1) is 29.9. The van der Waals surface area contributed by atoms with Crippen LogP contribution >= 0.6 is 0 Å². The third-order valence-electron chi connectivity index (χ3n) is 7.71. The number of carbonyl (C=O) groups is 1. The summed E-state index contributed by atoms with van der Waals surface area (Å²) in [7, 11) is 1.63. The molecule has 0 bridgehead atoms. The van der Waals surface area contributed by atoms with E-state index < -0.39 is 17.6 Å². The van der Waals surface area contributed by atoms with Crippen molar-refractivity contribution in [3.8, 4) is 17.2 Å². The Bertz CT molecular complexity index is 1780. The number of carbonyl (C=O) groups excluding carboxylic acids is 1. The summed E-state index contributed by atoms with van der Waals surface area (Å²) in [6.45, 7) is 0.494. The molecule has 232 valence electrons. The highest BCUT2D eigenvalue weighted by Crippen LogP contribution is 2.36. The molecule has 1 aliphatic carbocycles. The van der Waals surface area contributed by atoms with Crippen LogP contribution in [0.1, 0.15) is 53.6 Å². The van der Waals surface area contributed by atoms with Crippen LogP contribution in [0.2, 0.25) is 0 Å². The van der Waals surface area contributed by atoms with Crippen LogP contribution in [0.4, 0.5) is 24.8 Å². The zero-order valence-electron chi connectivity index (χ0n) is 24.5. The smallest absolute Gasteiger partial charge is 0.416 e. The van der Waals surface area contributed by atoms with Crippen molar-refractivity contribution in [2.75, 3.05) is 17.7 Å². The molecule has 12 heteroatoms. The lowest BCUT2D eigenvalue weighted by atomic mass is 9.95. The van der Waals surface area contributed by atoms with E-state index in [1.54, 1.807) is 31.5 Å². The minimum Gasteiger partial charge on any atom is -0.497 e. The van der Waals surface area contributed by atoms with Crippen molar-refractivity contribution in [1.82, 2.24) is 19.7 Å². The number of methoxy groups -OCH3 is 1.